The first-order valence-electron chi connectivity index (χ1n) is 8.80. The molecule has 1 amide bonds. The summed E-state index contributed by atoms with van der Waals surface area (Å²) in [5.41, 5.74) is 0.640. The topological polar surface area (TPSA) is 96.3 Å². The normalized spacial score (nSPS) is 17.5. The van der Waals surface area contributed by atoms with E-state index in [0.29, 0.717) is 12.0 Å². The highest BCUT2D eigenvalue weighted by molar-refractivity contribution is 7.94. The van der Waals surface area contributed by atoms with Gasteiger partial charge in [-0.25, -0.2) is 8.42 Å². The summed E-state index contributed by atoms with van der Waals surface area (Å²) in [6.45, 7) is 5.58. The summed E-state index contributed by atoms with van der Waals surface area (Å²) < 4.78 is 29.4. The molecule has 148 valence electrons. The first-order chi connectivity index (χ1) is 13.1. The van der Waals surface area contributed by atoms with Crippen LogP contribution in [0.4, 0.5) is 0 Å². The average Bonchev–Trinajstić information content (AvgIpc) is 2.67. The third kappa shape index (κ3) is 4.70. The van der Waals surface area contributed by atoms with E-state index in [9.17, 15) is 13.2 Å². The second kappa shape index (κ2) is 8.44. The van der Waals surface area contributed by atoms with Gasteiger partial charge in [0.2, 0.25) is 15.7 Å². The molecule has 0 spiro atoms. The standard InChI is InChI=1S/C21H24N2O4S/c1-15-14-17(27-4)8-11-19(15)23-20(24)21(2,3)16-6-9-18(10-7-16)28(25,26)13-5-12-22/h5-11,13,15H,14H2,1-4H3,(H,23,24). The number of carbonyl (C=O) groups is 1. The van der Waals surface area contributed by atoms with Crippen LogP contribution in [-0.2, 0) is 24.8 Å². The Kier molecular flexibility index (Phi) is 6.47. The fourth-order valence-electron chi connectivity index (χ4n) is 2.82. The zero-order valence-electron chi connectivity index (χ0n) is 16.4. The summed E-state index contributed by atoms with van der Waals surface area (Å²) in [7, 11) is -2.05. The van der Waals surface area contributed by atoms with Gasteiger partial charge >= 0.3 is 0 Å². The van der Waals surface area contributed by atoms with E-state index < -0.39 is 15.3 Å². The van der Waals surface area contributed by atoms with Crippen molar-refractivity contribution in [3.05, 3.63) is 64.9 Å². The number of allylic oxidation sites excluding steroid dienone is 5. The minimum atomic E-state index is -3.67. The maximum Gasteiger partial charge on any atom is 0.234 e. The van der Waals surface area contributed by atoms with Crippen molar-refractivity contribution in [2.45, 2.75) is 37.5 Å². The van der Waals surface area contributed by atoms with Gasteiger partial charge in [-0.05, 0) is 43.7 Å². The number of rotatable bonds is 6. The van der Waals surface area contributed by atoms with Crippen molar-refractivity contribution < 1.29 is 17.9 Å². The molecule has 0 bridgehead atoms. The Morgan fingerprint density at radius 1 is 1.29 bits per heavy atom. The third-order valence-corrected chi connectivity index (χ3v) is 6.22. The van der Waals surface area contributed by atoms with Crippen molar-refractivity contribution in [1.29, 1.82) is 5.26 Å². The van der Waals surface area contributed by atoms with Gasteiger partial charge in [0.25, 0.3) is 0 Å². The number of benzene rings is 1. The van der Waals surface area contributed by atoms with Gasteiger partial charge in [0.1, 0.15) is 0 Å². The predicted octanol–water partition coefficient (Wildman–Crippen LogP) is 3.35. The Balaban J connectivity index is 2.21. The van der Waals surface area contributed by atoms with Crippen LogP contribution < -0.4 is 5.32 Å². The predicted molar refractivity (Wildman–Crippen MR) is 107 cm³/mol. The van der Waals surface area contributed by atoms with Crippen LogP contribution in [0.15, 0.2) is 64.3 Å². The van der Waals surface area contributed by atoms with Crippen molar-refractivity contribution in [3.63, 3.8) is 0 Å². The fourth-order valence-corrected chi connectivity index (χ4v) is 3.73. The number of methoxy groups -OCH3 is 1. The summed E-state index contributed by atoms with van der Waals surface area (Å²) in [4.78, 5) is 13.0. The minimum Gasteiger partial charge on any atom is -0.501 e. The van der Waals surface area contributed by atoms with Crippen molar-refractivity contribution in [2.24, 2.45) is 5.92 Å². The average molecular weight is 401 g/mol. The summed E-state index contributed by atoms with van der Waals surface area (Å²) in [5, 5.41) is 12.4. The van der Waals surface area contributed by atoms with Gasteiger partial charge in [-0.1, -0.05) is 19.1 Å². The molecular formula is C21H24N2O4S. The number of carbonyl (C=O) groups excluding carboxylic acids is 1. The summed E-state index contributed by atoms with van der Waals surface area (Å²) in [6.07, 6.45) is 5.32. The van der Waals surface area contributed by atoms with Gasteiger partial charge < -0.3 is 10.1 Å². The van der Waals surface area contributed by atoms with Gasteiger partial charge in [0, 0.05) is 29.5 Å². The van der Waals surface area contributed by atoms with Gasteiger partial charge in [0.05, 0.1) is 29.2 Å². The quantitative estimate of drug-likeness (QED) is 0.739. The molecule has 6 nitrogen and oxygen atoms in total. The van der Waals surface area contributed by atoms with Crippen LogP contribution in [0.5, 0.6) is 0 Å². The maximum atomic E-state index is 12.9. The van der Waals surface area contributed by atoms with E-state index in [-0.39, 0.29) is 16.7 Å². The zero-order valence-corrected chi connectivity index (χ0v) is 17.2. The lowest BCUT2D eigenvalue weighted by atomic mass is 9.83. The number of ether oxygens (including phenoxy) is 1. The van der Waals surface area contributed by atoms with Crippen LogP contribution in [0.2, 0.25) is 0 Å². The number of sulfone groups is 1. The van der Waals surface area contributed by atoms with Crippen LogP contribution in [0.25, 0.3) is 0 Å². The number of nitrogens with one attached hydrogen (secondary N) is 1. The largest absolute Gasteiger partial charge is 0.501 e. The summed E-state index contributed by atoms with van der Waals surface area (Å²) >= 11 is 0. The molecule has 1 aromatic carbocycles. The van der Waals surface area contributed by atoms with Gasteiger partial charge in [-0.2, -0.15) is 5.26 Å². The molecule has 0 saturated carbocycles. The van der Waals surface area contributed by atoms with Gasteiger partial charge in [-0.3, -0.25) is 4.79 Å². The highest BCUT2D eigenvalue weighted by atomic mass is 32.2. The molecule has 0 aliphatic heterocycles. The molecule has 1 atom stereocenters. The van der Waals surface area contributed by atoms with Crippen molar-refractivity contribution in [2.75, 3.05) is 7.11 Å². The smallest absolute Gasteiger partial charge is 0.234 e. The SMILES string of the molecule is COC1=CC=C(NC(=O)C(C)(C)c2ccc(S(=O)(=O)C=CC#N)cc2)C(C)C1. The molecule has 0 fully saturated rings. The molecule has 0 radical (unpaired) electrons. The monoisotopic (exact) mass is 400 g/mol. The van der Waals surface area contributed by atoms with Gasteiger partial charge in [0.15, 0.2) is 0 Å². The van der Waals surface area contributed by atoms with Gasteiger partial charge in [-0.15, -0.1) is 0 Å². The number of amides is 1. The molecule has 1 N–H and O–H groups in total. The molecule has 1 aliphatic rings. The fraction of sp³-hybridized carbons (Fsp3) is 0.333. The zero-order chi connectivity index (χ0) is 20.9. The number of hydrogen-bond donors (Lipinski definition) is 1. The highest BCUT2D eigenvalue weighted by Crippen LogP contribution is 2.28. The molecule has 1 aromatic rings. The highest BCUT2D eigenvalue weighted by Gasteiger charge is 2.31. The Labute approximate surface area is 166 Å². The minimum absolute atomic E-state index is 0.0693. The van der Waals surface area contributed by atoms with E-state index >= 15 is 0 Å². The Hall–Kier alpha value is -2.85. The van der Waals surface area contributed by atoms with E-state index in [2.05, 4.69) is 5.32 Å². The first kappa shape index (κ1) is 21.5. The Bertz CT molecular complexity index is 978. The lowest BCUT2D eigenvalue weighted by Crippen LogP contribution is -2.41. The lowest BCUT2D eigenvalue weighted by molar-refractivity contribution is -0.125. The summed E-state index contributed by atoms with van der Waals surface area (Å²) in [6, 6.07) is 7.79. The van der Waals surface area contributed by atoms with E-state index in [1.54, 1.807) is 39.2 Å². The lowest BCUT2D eigenvalue weighted by Gasteiger charge is -2.28. The molecule has 0 heterocycles. The molecule has 2 rings (SSSR count). The third-order valence-electron chi connectivity index (χ3n) is 4.80. The van der Waals surface area contributed by atoms with Crippen LogP contribution >= 0.6 is 0 Å². The van der Waals surface area contributed by atoms with E-state index in [4.69, 9.17) is 10.00 Å². The second-order valence-corrected chi connectivity index (χ2v) is 8.98. The van der Waals surface area contributed by atoms with Crippen molar-refractivity contribution in [1.82, 2.24) is 5.32 Å². The van der Waals surface area contributed by atoms with E-state index in [0.717, 1.165) is 22.9 Å². The summed E-state index contributed by atoms with van der Waals surface area (Å²) in [5.74, 6) is 0.811. The molecular weight excluding hydrogens is 376 g/mol. The molecule has 1 unspecified atom stereocenters. The molecule has 1 aliphatic carbocycles. The Morgan fingerprint density at radius 2 is 1.93 bits per heavy atom. The van der Waals surface area contributed by atoms with Crippen LogP contribution in [-0.4, -0.2) is 21.4 Å². The number of nitrogens with zero attached hydrogens (tertiary/aromatic N) is 1. The van der Waals surface area contributed by atoms with Crippen LogP contribution in [0, 0.1) is 17.2 Å². The molecule has 7 heteroatoms. The van der Waals surface area contributed by atoms with Crippen LogP contribution in [0.3, 0.4) is 0 Å². The van der Waals surface area contributed by atoms with Crippen molar-refractivity contribution >= 4 is 15.7 Å². The number of hydrogen-bond acceptors (Lipinski definition) is 5. The molecule has 0 aromatic heterocycles. The van der Waals surface area contributed by atoms with Crippen LogP contribution in [0.1, 0.15) is 32.8 Å². The van der Waals surface area contributed by atoms with Crippen molar-refractivity contribution in [3.8, 4) is 6.07 Å². The maximum absolute atomic E-state index is 12.9. The number of nitriles is 1. The molecule has 0 saturated heterocycles. The molecule has 28 heavy (non-hydrogen) atoms. The second-order valence-electron chi connectivity index (χ2n) is 7.14. The van der Waals surface area contributed by atoms with E-state index in [1.165, 1.54) is 12.1 Å². The van der Waals surface area contributed by atoms with E-state index in [1.807, 2.05) is 19.1 Å². The Morgan fingerprint density at radius 3 is 2.46 bits per heavy atom. The first-order valence-corrected chi connectivity index (χ1v) is 10.3.